The quantitative estimate of drug-likeness (QED) is 0.836. The predicted molar refractivity (Wildman–Crippen MR) is 73.2 cm³/mol. The van der Waals surface area contributed by atoms with Gasteiger partial charge < -0.3 is 11.1 Å². The third-order valence-electron chi connectivity index (χ3n) is 2.80. The Hall–Kier alpha value is -1.01. The molecule has 1 aromatic rings. The highest BCUT2D eigenvalue weighted by Crippen LogP contribution is 2.27. The topological polar surface area (TPSA) is 72.2 Å². The van der Waals surface area contributed by atoms with Crippen LogP contribution in [0.3, 0.4) is 0 Å². The Morgan fingerprint density at radius 1 is 1.44 bits per heavy atom. The molecule has 0 aromatic heterocycles. The fraction of sp³-hybridized carbons (Fsp3) is 0.455. The summed E-state index contributed by atoms with van der Waals surface area (Å²) in [5.74, 6) is -0.606. The second kappa shape index (κ2) is 4.93. The lowest BCUT2D eigenvalue weighted by molar-refractivity contribution is 0.560. The first-order valence-corrected chi connectivity index (χ1v) is 7.49. The number of hydrogen-bond donors (Lipinski definition) is 2. The summed E-state index contributed by atoms with van der Waals surface area (Å²) < 4.78 is 35.3. The van der Waals surface area contributed by atoms with Crippen LogP contribution in [0.15, 0.2) is 12.1 Å². The molecule has 0 fully saturated rings. The van der Waals surface area contributed by atoms with Gasteiger partial charge in [0.25, 0.3) is 0 Å². The monoisotopic (exact) mass is 294 g/mol. The van der Waals surface area contributed by atoms with Crippen molar-refractivity contribution >= 4 is 32.8 Å². The summed E-state index contributed by atoms with van der Waals surface area (Å²) >= 11 is 5.57. The molecule has 18 heavy (non-hydrogen) atoms. The normalized spacial score (nSPS) is 12.5. The number of halogens is 2. The maximum atomic E-state index is 13.3. The Bertz CT molecular complexity index is 558. The van der Waals surface area contributed by atoms with Crippen molar-refractivity contribution in [2.45, 2.75) is 18.6 Å². The molecule has 0 aliphatic heterocycles. The summed E-state index contributed by atoms with van der Waals surface area (Å²) in [5.41, 5.74) is 6.26. The average Bonchev–Trinajstić information content (AvgIpc) is 2.20. The van der Waals surface area contributed by atoms with Crippen LogP contribution in [0.2, 0.25) is 5.02 Å². The minimum absolute atomic E-state index is 0.0691. The second-order valence-corrected chi connectivity index (χ2v) is 7.80. The van der Waals surface area contributed by atoms with Gasteiger partial charge in [-0.15, -0.1) is 0 Å². The van der Waals surface area contributed by atoms with Gasteiger partial charge in [-0.1, -0.05) is 11.6 Å². The van der Waals surface area contributed by atoms with Gasteiger partial charge in [0.1, 0.15) is 5.82 Å². The standard InChI is InChI=1S/C11H16ClFN2O2S/c1-11(2,18(3,16)17)6-15-10-5-8(13)7(12)4-9(10)14/h4-5,15H,6,14H2,1-3H3. The first-order valence-electron chi connectivity index (χ1n) is 5.22. The van der Waals surface area contributed by atoms with Crippen molar-refractivity contribution < 1.29 is 12.8 Å². The van der Waals surface area contributed by atoms with Crippen LogP contribution in [0.5, 0.6) is 0 Å². The molecule has 0 saturated heterocycles. The van der Waals surface area contributed by atoms with Crippen molar-refractivity contribution in [3.05, 3.63) is 23.0 Å². The minimum Gasteiger partial charge on any atom is -0.397 e. The number of anilines is 2. The zero-order valence-corrected chi connectivity index (χ0v) is 12.0. The molecule has 0 unspecified atom stereocenters. The van der Waals surface area contributed by atoms with Crippen molar-refractivity contribution in [2.24, 2.45) is 0 Å². The first-order chi connectivity index (χ1) is 8.04. The molecule has 7 heteroatoms. The summed E-state index contributed by atoms with van der Waals surface area (Å²) in [6.07, 6.45) is 1.15. The molecular formula is C11H16ClFN2O2S. The summed E-state index contributed by atoms with van der Waals surface area (Å²) in [6, 6.07) is 2.43. The lowest BCUT2D eigenvalue weighted by atomic mass is 10.2. The molecule has 0 aliphatic carbocycles. The summed E-state index contributed by atoms with van der Waals surface area (Å²) in [6.45, 7) is 3.28. The first kappa shape index (κ1) is 15.0. The third-order valence-corrected chi connectivity index (χ3v) is 5.24. The summed E-state index contributed by atoms with van der Waals surface area (Å²) in [7, 11) is -3.23. The minimum atomic E-state index is -3.23. The Labute approximate surface area is 111 Å². The molecule has 1 rings (SSSR count). The van der Waals surface area contributed by atoms with Gasteiger partial charge in [-0.05, 0) is 19.9 Å². The maximum Gasteiger partial charge on any atom is 0.154 e. The van der Waals surface area contributed by atoms with E-state index in [4.69, 9.17) is 17.3 Å². The van der Waals surface area contributed by atoms with Crippen molar-refractivity contribution in [2.75, 3.05) is 23.9 Å². The Morgan fingerprint density at radius 3 is 2.50 bits per heavy atom. The zero-order valence-electron chi connectivity index (χ0n) is 10.4. The van der Waals surface area contributed by atoms with Crippen molar-refractivity contribution in [1.29, 1.82) is 0 Å². The Balaban J connectivity index is 2.91. The summed E-state index contributed by atoms with van der Waals surface area (Å²) in [4.78, 5) is 0. The van der Waals surface area contributed by atoms with Gasteiger partial charge in [-0.25, -0.2) is 12.8 Å². The van der Waals surface area contributed by atoms with Crippen LogP contribution >= 0.6 is 11.6 Å². The number of hydrogen-bond acceptors (Lipinski definition) is 4. The maximum absolute atomic E-state index is 13.3. The molecule has 0 bridgehead atoms. The van der Waals surface area contributed by atoms with E-state index < -0.39 is 20.4 Å². The Morgan fingerprint density at radius 2 is 2.00 bits per heavy atom. The lowest BCUT2D eigenvalue weighted by Crippen LogP contribution is -2.38. The number of sulfone groups is 1. The molecule has 102 valence electrons. The van der Waals surface area contributed by atoms with E-state index >= 15 is 0 Å². The van der Waals surface area contributed by atoms with Gasteiger partial charge in [0.2, 0.25) is 0 Å². The predicted octanol–water partition coefficient (Wildman–Crippen LogP) is 2.30. The number of nitrogens with two attached hydrogens (primary N) is 1. The lowest BCUT2D eigenvalue weighted by Gasteiger charge is -2.24. The number of nitrogens with one attached hydrogen (secondary N) is 1. The third kappa shape index (κ3) is 3.26. The molecule has 0 atom stereocenters. The highest BCUT2D eigenvalue weighted by Gasteiger charge is 2.30. The second-order valence-electron chi connectivity index (χ2n) is 4.74. The molecular weight excluding hydrogens is 279 g/mol. The van der Waals surface area contributed by atoms with Crippen LogP contribution in [-0.4, -0.2) is 26.0 Å². The SMILES string of the molecule is CC(C)(CNc1cc(F)c(Cl)cc1N)S(C)(=O)=O. The average molecular weight is 295 g/mol. The fourth-order valence-electron chi connectivity index (χ4n) is 1.15. The van der Waals surface area contributed by atoms with Crippen molar-refractivity contribution in [1.82, 2.24) is 0 Å². The van der Waals surface area contributed by atoms with E-state index in [0.29, 0.717) is 5.69 Å². The highest BCUT2D eigenvalue weighted by atomic mass is 35.5. The van der Waals surface area contributed by atoms with Crippen LogP contribution in [0.25, 0.3) is 0 Å². The van der Waals surface area contributed by atoms with Gasteiger partial charge >= 0.3 is 0 Å². The zero-order chi connectivity index (χ0) is 14.1. The molecule has 0 heterocycles. The van der Waals surface area contributed by atoms with E-state index in [1.165, 1.54) is 6.07 Å². The molecule has 0 aliphatic rings. The van der Waals surface area contributed by atoms with E-state index in [1.807, 2.05) is 0 Å². The number of nitrogen functional groups attached to an aromatic ring is 1. The molecule has 0 amide bonds. The smallest absolute Gasteiger partial charge is 0.154 e. The van der Waals surface area contributed by atoms with E-state index in [2.05, 4.69) is 5.32 Å². The largest absolute Gasteiger partial charge is 0.397 e. The van der Waals surface area contributed by atoms with E-state index in [0.717, 1.165) is 12.3 Å². The molecule has 0 spiro atoms. The summed E-state index contributed by atoms with van der Waals surface area (Å²) in [5, 5.41) is 2.76. The van der Waals surface area contributed by atoms with Crippen LogP contribution in [0.4, 0.5) is 15.8 Å². The van der Waals surface area contributed by atoms with Gasteiger partial charge in [-0.2, -0.15) is 0 Å². The Kier molecular flexibility index (Phi) is 4.12. The fourth-order valence-corrected chi connectivity index (χ4v) is 1.66. The van der Waals surface area contributed by atoms with Crippen LogP contribution in [0.1, 0.15) is 13.8 Å². The van der Waals surface area contributed by atoms with Gasteiger partial charge in [0, 0.05) is 18.9 Å². The van der Waals surface area contributed by atoms with Crippen molar-refractivity contribution in [3.63, 3.8) is 0 Å². The molecule has 0 radical (unpaired) electrons. The van der Waals surface area contributed by atoms with Crippen LogP contribution in [0, 0.1) is 5.82 Å². The van der Waals surface area contributed by atoms with Gasteiger partial charge in [0.15, 0.2) is 9.84 Å². The van der Waals surface area contributed by atoms with E-state index in [1.54, 1.807) is 13.8 Å². The molecule has 4 nitrogen and oxygen atoms in total. The van der Waals surface area contributed by atoms with Crippen molar-refractivity contribution in [3.8, 4) is 0 Å². The van der Waals surface area contributed by atoms with Crippen LogP contribution < -0.4 is 11.1 Å². The molecule has 3 N–H and O–H groups in total. The number of benzene rings is 1. The number of rotatable bonds is 4. The van der Waals surface area contributed by atoms with Crippen LogP contribution in [-0.2, 0) is 9.84 Å². The van der Waals surface area contributed by atoms with E-state index in [-0.39, 0.29) is 17.3 Å². The molecule has 0 saturated carbocycles. The van der Waals surface area contributed by atoms with Gasteiger partial charge in [-0.3, -0.25) is 0 Å². The molecule has 1 aromatic carbocycles. The van der Waals surface area contributed by atoms with Gasteiger partial charge in [0.05, 0.1) is 21.1 Å². The highest BCUT2D eigenvalue weighted by molar-refractivity contribution is 7.92. The van der Waals surface area contributed by atoms with E-state index in [9.17, 15) is 12.8 Å².